The summed E-state index contributed by atoms with van der Waals surface area (Å²) in [5.74, 6) is 0. The minimum atomic E-state index is 0.468. The summed E-state index contributed by atoms with van der Waals surface area (Å²) < 4.78 is 5.45. The molecule has 1 N–H and O–H groups in total. The average Bonchev–Trinajstić information content (AvgIpc) is 2.45. The fourth-order valence-corrected chi connectivity index (χ4v) is 2.82. The molecule has 1 aliphatic rings. The monoisotopic (exact) mass is 296 g/mol. The summed E-state index contributed by atoms with van der Waals surface area (Å²) in [5, 5.41) is 4.28. The fraction of sp³-hybridized carbons (Fsp3) is 0.625. The standard InChI is InChI=1S/C16H25ClN2O/c1-12(2)18-11-13-10-14(17)4-5-16(13)19(3)15-6-8-20-9-7-15/h4-5,10,12,15,18H,6-9,11H2,1-3H3. The summed E-state index contributed by atoms with van der Waals surface area (Å²) >= 11 is 6.16. The van der Waals surface area contributed by atoms with E-state index >= 15 is 0 Å². The summed E-state index contributed by atoms with van der Waals surface area (Å²) in [6, 6.07) is 7.21. The van der Waals surface area contributed by atoms with Gasteiger partial charge in [-0.2, -0.15) is 0 Å². The van der Waals surface area contributed by atoms with Crippen LogP contribution in [0.15, 0.2) is 18.2 Å². The third kappa shape index (κ3) is 4.11. The smallest absolute Gasteiger partial charge is 0.0485 e. The van der Waals surface area contributed by atoms with Crippen LogP contribution in [0.4, 0.5) is 5.69 Å². The van der Waals surface area contributed by atoms with Crippen molar-refractivity contribution >= 4 is 17.3 Å². The lowest BCUT2D eigenvalue weighted by atomic mass is 10.0. The first-order chi connectivity index (χ1) is 9.58. The molecule has 0 aliphatic carbocycles. The van der Waals surface area contributed by atoms with Gasteiger partial charge in [-0.3, -0.25) is 0 Å². The molecular formula is C16H25ClN2O. The van der Waals surface area contributed by atoms with Crippen LogP contribution < -0.4 is 10.2 Å². The molecular weight excluding hydrogens is 272 g/mol. The van der Waals surface area contributed by atoms with E-state index in [-0.39, 0.29) is 0 Å². The Morgan fingerprint density at radius 2 is 2.05 bits per heavy atom. The SMILES string of the molecule is CC(C)NCc1cc(Cl)ccc1N(C)C1CCOCC1. The third-order valence-corrected chi connectivity index (χ3v) is 4.10. The zero-order valence-electron chi connectivity index (χ0n) is 12.7. The quantitative estimate of drug-likeness (QED) is 0.901. The van der Waals surface area contributed by atoms with Crippen molar-refractivity contribution in [3.8, 4) is 0 Å². The molecule has 0 radical (unpaired) electrons. The number of rotatable bonds is 5. The summed E-state index contributed by atoms with van der Waals surface area (Å²) in [6.07, 6.45) is 2.19. The molecule has 1 heterocycles. The maximum Gasteiger partial charge on any atom is 0.0485 e. The number of nitrogens with one attached hydrogen (secondary N) is 1. The number of hydrogen-bond donors (Lipinski definition) is 1. The molecule has 1 aliphatic heterocycles. The second-order valence-corrected chi connectivity index (χ2v) is 6.20. The van der Waals surface area contributed by atoms with Gasteiger partial charge in [0, 0.05) is 49.6 Å². The van der Waals surface area contributed by atoms with Crippen molar-refractivity contribution in [2.75, 3.05) is 25.2 Å². The van der Waals surface area contributed by atoms with Crippen LogP contribution in [0.2, 0.25) is 5.02 Å². The number of benzene rings is 1. The van der Waals surface area contributed by atoms with E-state index in [2.05, 4.69) is 43.2 Å². The van der Waals surface area contributed by atoms with E-state index in [4.69, 9.17) is 16.3 Å². The molecule has 0 unspecified atom stereocenters. The molecule has 2 rings (SSSR count). The van der Waals surface area contributed by atoms with Gasteiger partial charge in [0.2, 0.25) is 0 Å². The number of halogens is 1. The predicted molar refractivity (Wildman–Crippen MR) is 85.7 cm³/mol. The van der Waals surface area contributed by atoms with Crippen molar-refractivity contribution in [2.45, 2.75) is 45.3 Å². The highest BCUT2D eigenvalue weighted by Crippen LogP contribution is 2.27. The molecule has 0 atom stereocenters. The zero-order chi connectivity index (χ0) is 14.5. The number of hydrogen-bond acceptors (Lipinski definition) is 3. The summed E-state index contributed by atoms with van der Waals surface area (Å²) in [4.78, 5) is 2.39. The fourth-order valence-electron chi connectivity index (χ4n) is 2.62. The minimum Gasteiger partial charge on any atom is -0.381 e. The third-order valence-electron chi connectivity index (χ3n) is 3.86. The second kappa shape index (κ2) is 7.30. The normalized spacial score (nSPS) is 16.6. The Morgan fingerprint density at radius 1 is 1.35 bits per heavy atom. The number of nitrogens with zero attached hydrogens (tertiary/aromatic N) is 1. The van der Waals surface area contributed by atoms with E-state index in [9.17, 15) is 0 Å². The zero-order valence-corrected chi connectivity index (χ0v) is 13.4. The van der Waals surface area contributed by atoms with E-state index in [1.807, 2.05) is 6.07 Å². The van der Waals surface area contributed by atoms with E-state index in [0.717, 1.165) is 37.6 Å². The van der Waals surface area contributed by atoms with Crippen LogP contribution in [0.5, 0.6) is 0 Å². The highest BCUT2D eigenvalue weighted by molar-refractivity contribution is 6.30. The lowest BCUT2D eigenvalue weighted by Crippen LogP contribution is -2.37. The molecule has 0 aromatic heterocycles. The first-order valence-electron chi connectivity index (χ1n) is 7.40. The molecule has 20 heavy (non-hydrogen) atoms. The lowest BCUT2D eigenvalue weighted by molar-refractivity contribution is 0.0854. The molecule has 3 nitrogen and oxygen atoms in total. The Hall–Kier alpha value is -0.770. The van der Waals surface area contributed by atoms with Crippen LogP contribution in [0.1, 0.15) is 32.3 Å². The van der Waals surface area contributed by atoms with Gasteiger partial charge in [-0.25, -0.2) is 0 Å². The maximum absolute atomic E-state index is 6.16. The average molecular weight is 297 g/mol. The van der Waals surface area contributed by atoms with Crippen LogP contribution >= 0.6 is 11.6 Å². The van der Waals surface area contributed by atoms with Gasteiger partial charge in [-0.1, -0.05) is 25.4 Å². The van der Waals surface area contributed by atoms with Gasteiger partial charge in [-0.05, 0) is 36.6 Å². The van der Waals surface area contributed by atoms with Crippen LogP contribution in [0, 0.1) is 0 Å². The van der Waals surface area contributed by atoms with Gasteiger partial charge in [0.15, 0.2) is 0 Å². The molecule has 1 aromatic carbocycles. The topological polar surface area (TPSA) is 24.5 Å². The van der Waals surface area contributed by atoms with E-state index in [1.165, 1.54) is 11.3 Å². The molecule has 0 amide bonds. The number of anilines is 1. The van der Waals surface area contributed by atoms with Crippen LogP contribution in [0.3, 0.4) is 0 Å². The Morgan fingerprint density at radius 3 is 2.70 bits per heavy atom. The Kier molecular flexibility index (Phi) is 5.70. The Balaban J connectivity index is 2.15. The minimum absolute atomic E-state index is 0.468. The van der Waals surface area contributed by atoms with Crippen LogP contribution in [0.25, 0.3) is 0 Å². The molecule has 1 aromatic rings. The van der Waals surface area contributed by atoms with Gasteiger partial charge in [0.1, 0.15) is 0 Å². The molecule has 0 spiro atoms. The first-order valence-corrected chi connectivity index (χ1v) is 7.78. The summed E-state index contributed by atoms with van der Waals surface area (Å²) in [7, 11) is 2.18. The largest absolute Gasteiger partial charge is 0.381 e. The summed E-state index contributed by atoms with van der Waals surface area (Å²) in [6.45, 7) is 6.89. The Bertz CT molecular complexity index is 430. The van der Waals surface area contributed by atoms with Crippen molar-refractivity contribution in [1.82, 2.24) is 5.32 Å². The van der Waals surface area contributed by atoms with E-state index in [0.29, 0.717) is 12.1 Å². The molecule has 1 saturated heterocycles. The van der Waals surface area contributed by atoms with Crippen LogP contribution in [-0.4, -0.2) is 32.3 Å². The second-order valence-electron chi connectivity index (χ2n) is 5.76. The van der Waals surface area contributed by atoms with Gasteiger partial charge in [0.25, 0.3) is 0 Å². The van der Waals surface area contributed by atoms with Crippen molar-refractivity contribution in [3.05, 3.63) is 28.8 Å². The van der Waals surface area contributed by atoms with Gasteiger partial charge in [-0.15, -0.1) is 0 Å². The predicted octanol–water partition coefficient (Wildman–Crippen LogP) is 3.45. The highest BCUT2D eigenvalue weighted by atomic mass is 35.5. The van der Waals surface area contributed by atoms with Crippen molar-refractivity contribution in [1.29, 1.82) is 0 Å². The first kappa shape index (κ1) is 15.6. The van der Waals surface area contributed by atoms with Crippen LogP contribution in [-0.2, 0) is 11.3 Å². The summed E-state index contributed by atoms with van der Waals surface area (Å²) in [5.41, 5.74) is 2.54. The molecule has 0 bridgehead atoms. The van der Waals surface area contributed by atoms with Crippen molar-refractivity contribution in [2.24, 2.45) is 0 Å². The molecule has 0 saturated carbocycles. The molecule has 4 heteroatoms. The van der Waals surface area contributed by atoms with E-state index in [1.54, 1.807) is 0 Å². The van der Waals surface area contributed by atoms with Crippen molar-refractivity contribution in [3.63, 3.8) is 0 Å². The van der Waals surface area contributed by atoms with Gasteiger partial charge < -0.3 is 15.0 Å². The molecule has 1 fully saturated rings. The van der Waals surface area contributed by atoms with Crippen molar-refractivity contribution < 1.29 is 4.74 Å². The Labute approximate surface area is 127 Å². The van der Waals surface area contributed by atoms with Gasteiger partial charge in [0.05, 0.1) is 0 Å². The molecule has 112 valence electrons. The maximum atomic E-state index is 6.16. The highest BCUT2D eigenvalue weighted by Gasteiger charge is 2.20. The number of ether oxygens (including phenoxy) is 1. The lowest BCUT2D eigenvalue weighted by Gasteiger charge is -2.34. The van der Waals surface area contributed by atoms with E-state index < -0.39 is 0 Å². The van der Waals surface area contributed by atoms with Gasteiger partial charge >= 0.3 is 0 Å².